The highest BCUT2D eigenvalue weighted by Gasteiger charge is 2.42. The molecule has 0 unspecified atom stereocenters. The third kappa shape index (κ3) is 3.04. The van der Waals surface area contributed by atoms with Crippen molar-refractivity contribution in [1.29, 1.82) is 0 Å². The Labute approximate surface area is 197 Å². The van der Waals surface area contributed by atoms with Gasteiger partial charge in [0.05, 0.1) is 19.9 Å². The maximum Gasteiger partial charge on any atom is 0.226 e. The van der Waals surface area contributed by atoms with Crippen LogP contribution in [0.3, 0.4) is 0 Å². The van der Waals surface area contributed by atoms with Crippen LogP contribution in [-0.2, 0) is 0 Å². The van der Waals surface area contributed by atoms with Crippen molar-refractivity contribution < 1.29 is 14.2 Å². The number of ether oxygens (including phenoxy) is 3. The van der Waals surface area contributed by atoms with Gasteiger partial charge in [-0.05, 0) is 42.3 Å². The van der Waals surface area contributed by atoms with E-state index in [1.807, 2.05) is 47.1 Å². The first-order valence-corrected chi connectivity index (χ1v) is 11.1. The molecule has 2 aliphatic rings. The van der Waals surface area contributed by atoms with Crippen LogP contribution in [0.15, 0.2) is 78.6 Å². The Balaban J connectivity index is 1.64. The normalized spacial score (nSPS) is 18.2. The molecule has 3 heterocycles. The van der Waals surface area contributed by atoms with E-state index in [4.69, 9.17) is 14.2 Å². The summed E-state index contributed by atoms with van der Waals surface area (Å²) >= 11 is 0. The van der Waals surface area contributed by atoms with E-state index in [0.717, 1.165) is 39.5 Å². The number of hydrogen-bond donors (Lipinski definition) is 1. The van der Waals surface area contributed by atoms with Gasteiger partial charge >= 0.3 is 0 Å². The van der Waals surface area contributed by atoms with Crippen LogP contribution < -0.4 is 19.5 Å². The molecule has 2 atom stereocenters. The highest BCUT2D eigenvalue weighted by molar-refractivity contribution is 5.85. The topological polar surface area (TPSA) is 70.4 Å². The van der Waals surface area contributed by atoms with Crippen LogP contribution >= 0.6 is 0 Å². The number of benzene rings is 3. The number of nitrogens with zero attached hydrogens (tertiary/aromatic N) is 3. The first-order chi connectivity index (χ1) is 16.7. The number of rotatable bonds is 4. The maximum atomic E-state index is 6.71. The van der Waals surface area contributed by atoms with Gasteiger partial charge in [-0.25, -0.2) is 4.68 Å². The van der Waals surface area contributed by atoms with Gasteiger partial charge in [0, 0.05) is 22.8 Å². The van der Waals surface area contributed by atoms with Gasteiger partial charge in [0.2, 0.25) is 5.95 Å². The molecule has 2 aliphatic heterocycles. The Morgan fingerprint density at radius 2 is 1.76 bits per heavy atom. The molecule has 3 aromatic carbocycles. The number of para-hydroxylation sites is 1. The molecule has 0 saturated heterocycles. The highest BCUT2D eigenvalue weighted by atomic mass is 16.5. The number of aromatic nitrogens is 3. The minimum atomic E-state index is -0.416. The van der Waals surface area contributed by atoms with E-state index in [0.29, 0.717) is 11.7 Å². The lowest BCUT2D eigenvalue weighted by Gasteiger charge is -2.39. The van der Waals surface area contributed by atoms with E-state index >= 15 is 0 Å². The van der Waals surface area contributed by atoms with Crippen molar-refractivity contribution in [2.45, 2.75) is 19.1 Å². The van der Waals surface area contributed by atoms with E-state index in [1.165, 1.54) is 5.56 Å². The van der Waals surface area contributed by atoms with E-state index in [-0.39, 0.29) is 6.04 Å². The van der Waals surface area contributed by atoms with Crippen molar-refractivity contribution in [3.63, 3.8) is 0 Å². The lowest BCUT2D eigenvalue weighted by molar-refractivity contribution is 0.217. The molecule has 0 amide bonds. The molecule has 7 nitrogen and oxygen atoms in total. The second-order valence-electron chi connectivity index (χ2n) is 8.34. The van der Waals surface area contributed by atoms with Crippen molar-refractivity contribution in [2.75, 3.05) is 19.5 Å². The molecule has 0 fully saturated rings. The minimum absolute atomic E-state index is 0.208. The molecule has 0 aliphatic carbocycles. The minimum Gasteiger partial charge on any atom is -0.497 e. The molecule has 1 aromatic heterocycles. The third-order valence-corrected chi connectivity index (χ3v) is 6.53. The first kappa shape index (κ1) is 20.4. The predicted octanol–water partition coefficient (Wildman–Crippen LogP) is 5.16. The zero-order valence-corrected chi connectivity index (χ0v) is 19.1. The van der Waals surface area contributed by atoms with Gasteiger partial charge in [0.15, 0.2) is 6.10 Å². The van der Waals surface area contributed by atoms with Crippen molar-refractivity contribution in [3.05, 3.63) is 101 Å². The maximum absolute atomic E-state index is 6.71. The molecule has 7 heteroatoms. The fourth-order valence-electron chi connectivity index (χ4n) is 4.90. The molecule has 170 valence electrons. The third-order valence-electron chi connectivity index (χ3n) is 6.53. The van der Waals surface area contributed by atoms with Crippen molar-refractivity contribution in [1.82, 2.24) is 14.8 Å². The lowest BCUT2D eigenvalue weighted by Crippen LogP contribution is -2.32. The lowest BCUT2D eigenvalue weighted by atomic mass is 9.83. The smallest absolute Gasteiger partial charge is 0.226 e. The van der Waals surface area contributed by atoms with E-state index in [9.17, 15) is 0 Å². The van der Waals surface area contributed by atoms with Crippen molar-refractivity contribution in [2.24, 2.45) is 0 Å². The van der Waals surface area contributed by atoms with Crippen LogP contribution in [0, 0.1) is 6.92 Å². The average Bonchev–Trinajstić information content (AvgIpc) is 3.35. The number of nitrogens with one attached hydrogen (secondary N) is 1. The summed E-state index contributed by atoms with van der Waals surface area (Å²) in [7, 11) is 3.31. The molecular formula is C27H24N4O3. The number of methoxy groups -OCH3 is 2. The van der Waals surface area contributed by atoms with Gasteiger partial charge in [-0.15, -0.1) is 0 Å². The van der Waals surface area contributed by atoms with E-state index < -0.39 is 6.10 Å². The number of hydrogen-bond acceptors (Lipinski definition) is 6. The van der Waals surface area contributed by atoms with Gasteiger partial charge in [0.25, 0.3) is 0 Å². The van der Waals surface area contributed by atoms with Crippen molar-refractivity contribution in [3.8, 4) is 17.2 Å². The van der Waals surface area contributed by atoms with Crippen LogP contribution in [0.5, 0.6) is 17.2 Å². The quantitative estimate of drug-likeness (QED) is 0.461. The average molecular weight is 453 g/mol. The Morgan fingerprint density at radius 3 is 2.59 bits per heavy atom. The zero-order valence-electron chi connectivity index (χ0n) is 19.1. The summed E-state index contributed by atoms with van der Waals surface area (Å²) < 4.78 is 19.9. The monoisotopic (exact) mass is 452 g/mol. The summed E-state index contributed by atoms with van der Waals surface area (Å²) in [6, 6.07) is 22.1. The second-order valence-corrected chi connectivity index (χ2v) is 8.34. The van der Waals surface area contributed by atoms with Crippen LogP contribution in [0.2, 0.25) is 0 Å². The molecule has 1 N–H and O–H groups in total. The number of fused-ring (bicyclic) bond motifs is 3. The molecule has 0 radical (unpaired) electrons. The Kier molecular flexibility index (Phi) is 4.76. The molecule has 0 bridgehead atoms. The summed E-state index contributed by atoms with van der Waals surface area (Å²) in [5.74, 6) is 2.92. The molecule has 0 saturated carbocycles. The van der Waals surface area contributed by atoms with Gasteiger partial charge < -0.3 is 19.5 Å². The summed E-state index contributed by atoms with van der Waals surface area (Å²) in [5, 5.41) is 8.14. The Morgan fingerprint density at radius 1 is 0.941 bits per heavy atom. The molecular weight excluding hydrogens is 428 g/mol. The molecule has 34 heavy (non-hydrogen) atoms. The fraction of sp³-hybridized carbons (Fsp3) is 0.185. The summed E-state index contributed by atoms with van der Waals surface area (Å²) in [4.78, 5) is 4.50. The van der Waals surface area contributed by atoms with Gasteiger partial charge in [-0.3, -0.25) is 0 Å². The fourth-order valence-corrected chi connectivity index (χ4v) is 4.90. The number of aryl methyl sites for hydroxylation is 1. The van der Waals surface area contributed by atoms with Gasteiger partial charge in [-0.1, -0.05) is 36.4 Å². The molecule has 0 spiro atoms. The standard InChI is InChI=1S/C27H24N4O3/c1-16-8-4-5-9-18(16)25-23-24(30-27-28-15-29-31(25)27)19-10-6-7-11-21(19)34-26(23)20-13-12-17(32-2)14-22(20)33-3/h4-15,25-26H,1-3H3,(H,28,29,30)/t25-,26+/m1/s1. The van der Waals surface area contributed by atoms with Crippen LogP contribution in [0.1, 0.15) is 34.4 Å². The largest absolute Gasteiger partial charge is 0.497 e. The Hall–Kier alpha value is -4.26. The summed E-state index contributed by atoms with van der Waals surface area (Å²) in [6.07, 6.45) is 1.17. The molecule has 6 rings (SSSR count). The van der Waals surface area contributed by atoms with E-state index in [1.54, 1.807) is 20.5 Å². The predicted molar refractivity (Wildman–Crippen MR) is 129 cm³/mol. The first-order valence-electron chi connectivity index (χ1n) is 11.1. The van der Waals surface area contributed by atoms with Crippen LogP contribution in [-0.4, -0.2) is 29.0 Å². The van der Waals surface area contributed by atoms with Gasteiger partial charge in [0.1, 0.15) is 29.6 Å². The van der Waals surface area contributed by atoms with Crippen LogP contribution in [0.25, 0.3) is 5.70 Å². The zero-order chi connectivity index (χ0) is 23.2. The Bertz CT molecular complexity index is 1420. The second kappa shape index (κ2) is 7.95. The van der Waals surface area contributed by atoms with E-state index in [2.05, 4.69) is 46.6 Å². The SMILES string of the molecule is COc1ccc([C@@H]2Oc3ccccc3C3=C2[C@@H](c2ccccc2C)n2ncnc2N3)c(OC)c1. The van der Waals surface area contributed by atoms with Crippen LogP contribution in [0.4, 0.5) is 5.95 Å². The summed E-state index contributed by atoms with van der Waals surface area (Å²) in [5.41, 5.74) is 6.25. The summed E-state index contributed by atoms with van der Waals surface area (Å²) in [6.45, 7) is 2.12. The molecule has 4 aromatic rings. The van der Waals surface area contributed by atoms with Crippen molar-refractivity contribution >= 4 is 11.6 Å². The number of anilines is 1. The highest BCUT2D eigenvalue weighted by Crippen LogP contribution is 2.52. The van der Waals surface area contributed by atoms with Gasteiger partial charge in [-0.2, -0.15) is 10.1 Å².